The first-order chi connectivity index (χ1) is 10.3. The highest BCUT2D eigenvalue weighted by Gasteiger charge is 2.21. The number of phenolic OH excluding ortho intramolecular Hbond substituents is 1. The molecule has 2 N–H and O–H groups in total. The Bertz CT molecular complexity index is 666. The minimum Gasteiger partial charge on any atom is -0.508 e. The lowest BCUT2D eigenvalue weighted by Crippen LogP contribution is -2.05. The molecule has 6 heteroatoms. The van der Waals surface area contributed by atoms with Gasteiger partial charge in [-0.25, -0.2) is 4.98 Å². The molecule has 0 aliphatic rings. The van der Waals surface area contributed by atoms with Gasteiger partial charge in [0.2, 0.25) is 5.88 Å². The van der Waals surface area contributed by atoms with Crippen LogP contribution in [0.15, 0.2) is 24.4 Å². The van der Waals surface area contributed by atoms with Crippen LogP contribution in [0.3, 0.4) is 0 Å². The summed E-state index contributed by atoms with van der Waals surface area (Å²) in [5, 5.41) is 20.4. The first-order valence-electron chi connectivity index (χ1n) is 6.75. The number of nitrogens with zero attached hydrogens (tertiary/aromatic N) is 1. The maximum absolute atomic E-state index is 10.6. The van der Waals surface area contributed by atoms with Crippen molar-refractivity contribution in [2.24, 2.45) is 0 Å². The van der Waals surface area contributed by atoms with Gasteiger partial charge in [-0.2, -0.15) is 0 Å². The minimum absolute atomic E-state index is 0.0540. The Morgan fingerprint density at radius 2 is 1.73 bits per heavy atom. The van der Waals surface area contributed by atoms with Gasteiger partial charge in [-0.3, -0.25) is 0 Å². The summed E-state index contributed by atoms with van der Waals surface area (Å²) < 4.78 is 5.23. The largest absolute Gasteiger partial charge is 0.508 e. The molecule has 0 fully saturated rings. The Balaban J connectivity index is 2.50. The van der Waals surface area contributed by atoms with Crippen LogP contribution in [-0.2, 0) is 0 Å². The number of ether oxygens (including phenoxy) is 1. The number of pyridine rings is 1. The molecular formula is C16H17Cl2NO3. The molecule has 0 saturated heterocycles. The Morgan fingerprint density at radius 3 is 2.23 bits per heavy atom. The Morgan fingerprint density at radius 1 is 1.14 bits per heavy atom. The predicted molar refractivity (Wildman–Crippen MR) is 87.1 cm³/mol. The van der Waals surface area contributed by atoms with E-state index in [0.717, 1.165) is 5.56 Å². The van der Waals surface area contributed by atoms with Gasteiger partial charge in [-0.05, 0) is 24.1 Å². The molecule has 0 bridgehead atoms. The van der Waals surface area contributed by atoms with Crippen LogP contribution in [0.2, 0.25) is 10.0 Å². The summed E-state index contributed by atoms with van der Waals surface area (Å²) in [4.78, 5) is 4.22. The molecule has 118 valence electrons. The van der Waals surface area contributed by atoms with E-state index in [1.54, 1.807) is 7.11 Å². The monoisotopic (exact) mass is 341 g/mol. The van der Waals surface area contributed by atoms with E-state index in [2.05, 4.69) is 4.98 Å². The van der Waals surface area contributed by atoms with Crippen molar-refractivity contribution in [2.45, 2.75) is 25.9 Å². The van der Waals surface area contributed by atoms with Crippen LogP contribution in [0, 0.1) is 0 Å². The molecule has 2 rings (SSSR count). The minimum atomic E-state index is -1.04. The second kappa shape index (κ2) is 6.73. The zero-order valence-electron chi connectivity index (χ0n) is 12.5. The molecule has 22 heavy (non-hydrogen) atoms. The number of methoxy groups -OCH3 is 1. The number of aromatic nitrogens is 1. The van der Waals surface area contributed by atoms with Gasteiger partial charge in [0.1, 0.15) is 11.9 Å². The van der Waals surface area contributed by atoms with E-state index in [1.165, 1.54) is 18.3 Å². The van der Waals surface area contributed by atoms with Crippen LogP contribution >= 0.6 is 23.2 Å². The maximum atomic E-state index is 10.6. The van der Waals surface area contributed by atoms with Crippen molar-refractivity contribution >= 4 is 23.2 Å². The third-order valence-electron chi connectivity index (χ3n) is 3.37. The third-order valence-corrected chi connectivity index (χ3v) is 3.99. The molecule has 0 aliphatic heterocycles. The van der Waals surface area contributed by atoms with Crippen LogP contribution in [0.4, 0.5) is 0 Å². The number of halogens is 2. The molecule has 1 atom stereocenters. The van der Waals surface area contributed by atoms with E-state index in [-0.39, 0.29) is 21.7 Å². The normalized spacial score (nSPS) is 12.5. The van der Waals surface area contributed by atoms with E-state index in [4.69, 9.17) is 27.9 Å². The van der Waals surface area contributed by atoms with E-state index < -0.39 is 6.10 Å². The molecular weight excluding hydrogens is 325 g/mol. The number of aliphatic hydroxyl groups is 1. The van der Waals surface area contributed by atoms with E-state index in [9.17, 15) is 10.2 Å². The van der Waals surface area contributed by atoms with Gasteiger partial charge >= 0.3 is 0 Å². The van der Waals surface area contributed by atoms with Gasteiger partial charge in [0, 0.05) is 22.9 Å². The van der Waals surface area contributed by atoms with Gasteiger partial charge in [-0.15, -0.1) is 0 Å². The second-order valence-corrected chi connectivity index (χ2v) is 6.06. The summed E-state index contributed by atoms with van der Waals surface area (Å²) in [6.45, 7) is 4.02. The Labute approximate surface area is 139 Å². The molecule has 1 aromatic carbocycles. The fourth-order valence-corrected chi connectivity index (χ4v) is 2.90. The number of hydrogen-bond donors (Lipinski definition) is 2. The molecule has 1 unspecified atom stereocenters. The predicted octanol–water partition coefficient (Wildman–Crippen LogP) is 4.31. The van der Waals surface area contributed by atoms with Gasteiger partial charge in [0.25, 0.3) is 0 Å². The molecule has 4 nitrogen and oxygen atoms in total. The fraction of sp³-hybridized carbons (Fsp3) is 0.312. The number of aromatic hydroxyl groups is 1. The van der Waals surface area contributed by atoms with Gasteiger partial charge < -0.3 is 14.9 Å². The molecule has 1 heterocycles. The van der Waals surface area contributed by atoms with Gasteiger partial charge in [-0.1, -0.05) is 37.0 Å². The smallest absolute Gasteiger partial charge is 0.216 e. The maximum Gasteiger partial charge on any atom is 0.216 e. The van der Waals surface area contributed by atoms with Crippen LogP contribution in [0.1, 0.15) is 42.6 Å². The zero-order chi connectivity index (χ0) is 16.4. The van der Waals surface area contributed by atoms with Crippen molar-refractivity contribution in [2.75, 3.05) is 7.11 Å². The highest BCUT2D eigenvalue weighted by atomic mass is 35.5. The molecule has 0 amide bonds. The summed E-state index contributed by atoms with van der Waals surface area (Å²) in [7, 11) is 1.55. The van der Waals surface area contributed by atoms with Crippen molar-refractivity contribution < 1.29 is 14.9 Å². The van der Waals surface area contributed by atoms with Crippen molar-refractivity contribution in [3.8, 4) is 11.6 Å². The summed E-state index contributed by atoms with van der Waals surface area (Å²) in [6.07, 6.45) is 0.478. The first-order valence-corrected chi connectivity index (χ1v) is 7.50. The summed E-state index contributed by atoms with van der Waals surface area (Å²) in [6, 6.07) is 4.50. The Hall–Kier alpha value is -1.49. The van der Waals surface area contributed by atoms with E-state index >= 15 is 0 Å². The van der Waals surface area contributed by atoms with E-state index in [1.807, 2.05) is 19.9 Å². The SMILES string of the molecule is COc1ncc(C(O)c2c(Cl)cc(O)cc2Cl)cc1C(C)C. The summed E-state index contributed by atoms with van der Waals surface area (Å²) in [5.41, 5.74) is 1.77. The molecule has 0 spiro atoms. The average molecular weight is 342 g/mol. The number of hydrogen-bond acceptors (Lipinski definition) is 4. The van der Waals surface area contributed by atoms with Crippen LogP contribution in [0.5, 0.6) is 11.6 Å². The number of aliphatic hydroxyl groups excluding tert-OH is 1. The zero-order valence-corrected chi connectivity index (χ0v) is 14.0. The highest BCUT2D eigenvalue weighted by Crippen LogP contribution is 2.38. The van der Waals surface area contributed by atoms with Crippen molar-refractivity contribution in [3.05, 3.63) is 51.1 Å². The van der Waals surface area contributed by atoms with Crippen molar-refractivity contribution in [1.29, 1.82) is 0 Å². The van der Waals surface area contributed by atoms with Crippen LogP contribution in [0.25, 0.3) is 0 Å². The molecule has 2 aromatic rings. The summed E-state index contributed by atoms with van der Waals surface area (Å²) in [5.74, 6) is 0.649. The third kappa shape index (κ3) is 3.29. The average Bonchev–Trinajstić information content (AvgIpc) is 2.45. The number of phenols is 1. The number of rotatable bonds is 4. The molecule has 0 saturated carbocycles. The quantitative estimate of drug-likeness (QED) is 0.869. The first kappa shape index (κ1) is 16.9. The second-order valence-electron chi connectivity index (χ2n) is 5.25. The van der Waals surface area contributed by atoms with Crippen LogP contribution in [-0.4, -0.2) is 22.3 Å². The van der Waals surface area contributed by atoms with E-state index in [0.29, 0.717) is 17.0 Å². The topological polar surface area (TPSA) is 62.6 Å². The molecule has 0 aliphatic carbocycles. The molecule has 0 radical (unpaired) electrons. The van der Waals surface area contributed by atoms with Gasteiger partial charge in [0.05, 0.1) is 17.2 Å². The lowest BCUT2D eigenvalue weighted by molar-refractivity contribution is 0.219. The van der Waals surface area contributed by atoms with Gasteiger partial charge in [0.15, 0.2) is 0 Å². The van der Waals surface area contributed by atoms with Crippen molar-refractivity contribution in [1.82, 2.24) is 4.98 Å². The lowest BCUT2D eigenvalue weighted by atomic mass is 9.97. The Kier molecular flexibility index (Phi) is 5.16. The van der Waals surface area contributed by atoms with Crippen LogP contribution < -0.4 is 4.74 Å². The molecule has 1 aromatic heterocycles. The standard InChI is InChI=1S/C16H17Cl2NO3/c1-8(2)11-4-9(7-19-16(11)22-3)15(21)14-12(17)5-10(20)6-13(14)18/h4-8,15,20-21H,1-3H3. The number of benzene rings is 1. The fourth-order valence-electron chi connectivity index (χ4n) is 2.22. The summed E-state index contributed by atoms with van der Waals surface area (Å²) >= 11 is 12.2. The highest BCUT2D eigenvalue weighted by molar-refractivity contribution is 6.36. The van der Waals surface area contributed by atoms with Crippen molar-refractivity contribution in [3.63, 3.8) is 0 Å². The lowest BCUT2D eigenvalue weighted by Gasteiger charge is -2.18.